The van der Waals surface area contributed by atoms with Gasteiger partial charge in [0.05, 0.1) is 5.54 Å². The van der Waals surface area contributed by atoms with Crippen molar-refractivity contribution < 1.29 is 4.79 Å². The Labute approximate surface area is 105 Å². The van der Waals surface area contributed by atoms with Gasteiger partial charge in [-0.1, -0.05) is 20.8 Å². The summed E-state index contributed by atoms with van der Waals surface area (Å²) in [6, 6.07) is 0.416. The van der Waals surface area contributed by atoms with Crippen LogP contribution in [0.2, 0.25) is 0 Å². The summed E-state index contributed by atoms with van der Waals surface area (Å²) in [6.45, 7) is 10.9. The second-order valence-electron chi connectivity index (χ2n) is 7.30. The Morgan fingerprint density at radius 1 is 1.35 bits per heavy atom. The minimum absolute atomic E-state index is 0.262. The molecule has 2 fully saturated rings. The van der Waals surface area contributed by atoms with Gasteiger partial charge >= 0.3 is 0 Å². The first-order valence-electron chi connectivity index (χ1n) is 6.69. The standard InChI is InChI=1S/C14H26N2O/c1-12(2)9-6-7-14(12,5)10(8-9)16-13(3,4)11(15)17/h9-10,16H,6-8H2,1-5H3,(H2,15,17). The van der Waals surface area contributed by atoms with Crippen molar-refractivity contribution in [3.63, 3.8) is 0 Å². The largest absolute Gasteiger partial charge is 0.368 e. The van der Waals surface area contributed by atoms with Gasteiger partial charge in [0, 0.05) is 6.04 Å². The Morgan fingerprint density at radius 3 is 2.29 bits per heavy atom. The Balaban J connectivity index is 2.19. The van der Waals surface area contributed by atoms with E-state index in [-0.39, 0.29) is 5.91 Å². The second-order valence-corrected chi connectivity index (χ2v) is 7.30. The minimum atomic E-state index is -0.603. The summed E-state index contributed by atoms with van der Waals surface area (Å²) in [5, 5.41) is 3.51. The van der Waals surface area contributed by atoms with Crippen molar-refractivity contribution in [2.24, 2.45) is 22.5 Å². The van der Waals surface area contributed by atoms with E-state index < -0.39 is 5.54 Å². The van der Waals surface area contributed by atoms with Crippen LogP contribution >= 0.6 is 0 Å². The summed E-state index contributed by atoms with van der Waals surface area (Å²) in [5.41, 5.74) is 5.52. The summed E-state index contributed by atoms with van der Waals surface area (Å²) >= 11 is 0. The van der Waals surface area contributed by atoms with Gasteiger partial charge in [-0.25, -0.2) is 0 Å². The van der Waals surface area contributed by atoms with Gasteiger partial charge in [0.1, 0.15) is 0 Å². The molecule has 2 rings (SSSR count). The molecular formula is C14H26N2O. The highest BCUT2D eigenvalue weighted by Gasteiger charge is 2.61. The maximum absolute atomic E-state index is 11.4. The van der Waals surface area contributed by atoms with Gasteiger partial charge in [0.15, 0.2) is 0 Å². The Hall–Kier alpha value is -0.570. The van der Waals surface area contributed by atoms with E-state index in [9.17, 15) is 4.79 Å². The van der Waals surface area contributed by atoms with E-state index >= 15 is 0 Å². The van der Waals surface area contributed by atoms with Crippen molar-refractivity contribution in [1.82, 2.24) is 5.32 Å². The molecule has 1 amide bonds. The van der Waals surface area contributed by atoms with Gasteiger partial charge in [-0.2, -0.15) is 0 Å². The normalized spacial score (nSPS) is 39.6. The lowest BCUT2D eigenvalue weighted by Gasteiger charge is -2.42. The first-order valence-corrected chi connectivity index (χ1v) is 6.69. The maximum Gasteiger partial charge on any atom is 0.237 e. The average molecular weight is 238 g/mol. The summed E-state index contributed by atoms with van der Waals surface area (Å²) < 4.78 is 0. The van der Waals surface area contributed by atoms with Crippen LogP contribution in [0.15, 0.2) is 0 Å². The van der Waals surface area contributed by atoms with Crippen LogP contribution in [0.5, 0.6) is 0 Å². The van der Waals surface area contributed by atoms with Crippen molar-refractivity contribution in [1.29, 1.82) is 0 Å². The third-order valence-corrected chi connectivity index (χ3v) is 5.95. The van der Waals surface area contributed by atoms with Crippen LogP contribution in [-0.2, 0) is 4.79 Å². The molecule has 3 unspecified atom stereocenters. The Bertz CT molecular complexity index is 348. The SMILES string of the molecule is CC(C)(NC1CC2CCC1(C)C2(C)C)C(N)=O. The second kappa shape index (κ2) is 3.47. The molecule has 2 aliphatic carbocycles. The first-order chi connectivity index (χ1) is 7.61. The van der Waals surface area contributed by atoms with E-state index in [0.717, 1.165) is 5.92 Å². The topological polar surface area (TPSA) is 55.1 Å². The van der Waals surface area contributed by atoms with Gasteiger partial charge < -0.3 is 11.1 Å². The maximum atomic E-state index is 11.4. The zero-order valence-electron chi connectivity index (χ0n) is 11.8. The van der Waals surface area contributed by atoms with Gasteiger partial charge in [-0.05, 0) is 49.9 Å². The van der Waals surface area contributed by atoms with Gasteiger partial charge in [-0.3, -0.25) is 4.79 Å². The Morgan fingerprint density at radius 2 is 1.94 bits per heavy atom. The summed E-state index contributed by atoms with van der Waals surface area (Å²) in [7, 11) is 0. The highest BCUT2D eigenvalue weighted by Crippen LogP contribution is 2.65. The zero-order chi connectivity index (χ0) is 13.1. The molecule has 0 saturated heterocycles. The summed E-state index contributed by atoms with van der Waals surface area (Å²) in [5.74, 6) is 0.523. The number of amides is 1. The van der Waals surface area contributed by atoms with Crippen LogP contribution in [-0.4, -0.2) is 17.5 Å². The molecule has 2 bridgehead atoms. The monoisotopic (exact) mass is 238 g/mol. The molecule has 2 aliphatic rings. The quantitative estimate of drug-likeness (QED) is 0.790. The number of nitrogens with two attached hydrogens (primary N) is 1. The highest BCUT2D eigenvalue weighted by atomic mass is 16.1. The third-order valence-electron chi connectivity index (χ3n) is 5.95. The van der Waals surface area contributed by atoms with Gasteiger partial charge in [-0.15, -0.1) is 0 Å². The number of hydrogen-bond acceptors (Lipinski definition) is 2. The lowest BCUT2D eigenvalue weighted by molar-refractivity contribution is -0.123. The predicted molar refractivity (Wildman–Crippen MR) is 69.4 cm³/mol. The molecule has 2 saturated carbocycles. The molecule has 0 spiro atoms. The van der Waals surface area contributed by atoms with E-state index in [4.69, 9.17) is 5.73 Å². The minimum Gasteiger partial charge on any atom is -0.368 e. The summed E-state index contributed by atoms with van der Waals surface area (Å²) in [6.07, 6.45) is 3.77. The van der Waals surface area contributed by atoms with Gasteiger partial charge in [0.2, 0.25) is 5.91 Å². The highest BCUT2D eigenvalue weighted by molar-refractivity contribution is 5.83. The Kier molecular flexibility index (Phi) is 2.63. The molecule has 0 aromatic rings. The van der Waals surface area contributed by atoms with Crippen molar-refractivity contribution >= 4 is 5.91 Å². The van der Waals surface area contributed by atoms with E-state index in [1.54, 1.807) is 0 Å². The van der Waals surface area contributed by atoms with E-state index in [2.05, 4.69) is 26.1 Å². The molecule has 3 heteroatoms. The molecule has 0 radical (unpaired) electrons. The van der Waals surface area contributed by atoms with E-state index in [1.165, 1.54) is 19.3 Å². The molecule has 3 N–H and O–H groups in total. The fourth-order valence-corrected chi connectivity index (χ4v) is 3.93. The number of fused-ring (bicyclic) bond motifs is 2. The van der Waals surface area contributed by atoms with E-state index in [1.807, 2.05) is 13.8 Å². The van der Waals surface area contributed by atoms with Gasteiger partial charge in [0.25, 0.3) is 0 Å². The number of rotatable bonds is 3. The molecule has 3 nitrogen and oxygen atoms in total. The number of hydrogen-bond donors (Lipinski definition) is 2. The molecular weight excluding hydrogens is 212 g/mol. The number of nitrogens with one attached hydrogen (secondary N) is 1. The van der Waals surface area contributed by atoms with Crippen molar-refractivity contribution in [3.8, 4) is 0 Å². The van der Waals surface area contributed by atoms with Crippen LogP contribution in [0, 0.1) is 16.7 Å². The van der Waals surface area contributed by atoms with Crippen LogP contribution < -0.4 is 11.1 Å². The predicted octanol–water partition coefficient (Wildman–Crippen LogP) is 2.05. The fraction of sp³-hybridized carbons (Fsp3) is 0.929. The third kappa shape index (κ3) is 1.62. The number of carbonyl (C=O) groups is 1. The first kappa shape index (κ1) is 12.9. The molecule has 0 aliphatic heterocycles. The molecule has 0 aromatic heterocycles. The fourth-order valence-electron chi connectivity index (χ4n) is 3.93. The molecule has 0 heterocycles. The van der Waals surface area contributed by atoms with Crippen LogP contribution in [0.25, 0.3) is 0 Å². The molecule has 0 aromatic carbocycles. The lowest BCUT2D eigenvalue weighted by Crippen LogP contribution is -2.58. The zero-order valence-corrected chi connectivity index (χ0v) is 11.8. The van der Waals surface area contributed by atoms with Crippen molar-refractivity contribution in [3.05, 3.63) is 0 Å². The van der Waals surface area contributed by atoms with Crippen molar-refractivity contribution in [2.45, 2.75) is 65.5 Å². The average Bonchev–Trinajstić information content (AvgIpc) is 2.49. The molecule has 3 atom stereocenters. The lowest BCUT2D eigenvalue weighted by atomic mass is 9.69. The van der Waals surface area contributed by atoms with Crippen LogP contribution in [0.4, 0.5) is 0 Å². The summed E-state index contributed by atoms with van der Waals surface area (Å²) in [4.78, 5) is 11.4. The van der Waals surface area contributed by atoms with Crippen LogP contribution in [0.3, 0.4) is 0 Å². The molecule has 17 heavy (non-hydrogen) atoms. The number of primary amides is 1. The number of carbonyl (C=O) groups excluding carboxylic acids is 1. The van der Waals surface area contributed by atoms with E-state index in [0.29, 0.717) is 16.9 Å². The van der Waals surface area contributed by atoms with Crippen LogP contribution in [0.1, 0.15) is 53.9 Å². The smallest absolute Gasteiger partial charge is 0.237 e. The van der Waals surface area contributed by atoms with Crippen molar-refractivity contribution in [2.75, 3.05) is 0 Å². The molecule has 98 valence electrons.